The van der Waals surface area contributed by atoms with Gasteiger partial charge in [0.15, 0.2) is 0 Å². The molecule has 0 saturated heterocycles. The topological polar surface area (TPSA) is 75.7 Å². The van der Waals surface area contributed by atoms with Crippen molar-refractivity contribution in [3.05, 3.63) is 29.8 Å². The Labute approximate surface area is 142 Å². The Morgan fingerprint density at radius 3 is 2.50 bits per heavy atom. The third-order valence-electron chi connectivity index (χ3n) is 4.36. The molecule has 6 heteroatoms. The minimum absolute atomic E-state index is 0.00432. The Bertz CT molecular complexity index is 609. The highest BCUT2D eigenvalue weighted by atomic mass is 16.5. The molecular weight excluding hydrogens is 308 g/mol. The van der Waals surface area contributed by atoms with E-state index < -0.39 is 5.97 Å². The molecule has 0 unspecified atom stereocenters. The molecule has 1 saturated carbocycles. The number of ether oxygens (including phenoxy) is 1. The first-order valence-electron chi connectivity index (χ1n) is 8.27. The van der Waals surface area contributed by atoms with Crippen LogP contribution in [0.4, 0.5) is 5.69 Å². The number of nitrogens with zero attached hydrogens (tertiary/aromatic N) is 1. The molecule has 0 heterocycles. The van der Waals surface area contributed by atoms with Crippen LogP contribution in [-0.4, -0.2) is 42.4 Å². The summed E-state index contributed by atoms with van der Waals surface area (Å²) in [6.07, 6.45) is 4.48. The molecule has 2 rings (SSSR count). The van der Waals surface area contributed by atoms with Gasteiger partial charge in [-0.2, -0.15) is 0 Å². The molecular formula is C18H24N2O4. The number of anilines is 1. The van der Waals surface area contributed by atoms with Crippen LogP contribution < -0.4 is 5.32 Å². The number of carbonyl (C=O) groups is 3. The summed E-state index contributed by atoms with van der Waals surface area (Å²) in [6, 6.07) is 6.95. The maximum Gasteiger partial charge on any atom is 0.339 e. The Morgan fingerprint density at radius 1 is 1.21 bits per heavy atom. The highest BCUT2D eigenvalue weighted by Crippen LogP contribution is 2.24. The number of methoxy groups -OCH3 is 1. The van der Waals surface area contributed by atoms with Crippen LogP contribution in [0, 0.1) is 0 Å². The number of hydrogen-bond acceptors (Lipinski definition) is 4. The van der Waals surface area contributed by atoms with Crippen molar-refractivity contribution in [2.24, 2.45) is 0 Å². The number of para-hydroxylation sites is 1. The van der Waals surface area contributed by atoms with Crippen LogP contribution >= 0.6 is 0 Å². The second kappa shape index (κ2) is 8.47. The van der Waals surface area contributed by atoms with Gasteiger partial charge < -0.3 is 15.0 Å². The number of rotatable bonds is 6. The van der Waals surface area contributed by atoms with E-state index in [1.165, 1.54) is 7.11 Å². The normalized spacial score (nSPS) is 14.2. The van der Waals surface area contributed by atoms with Crippen molar-refractivity contribution >= 4 is 23.5 Å². The van der Waals surface area contributed by atoms with E-state index in [-0.39, 0.29) is 24.3 Å². The van der Waals surface area contributed by atoms with Crippen LogP contribution in [0.1, 0.15) is 49.4 Å². The number of hydrogen-bond donors (Lipinski definition) is 1. The standard InChI is InChI=1S/C18H24N2O4/c1-13(21)20(14-7-3-4-8-14)12-11-17(22)19-16-10-6-5-9-15(16)18(23)24-2/h5-6,9-10,14H,3-4,7-8,11-12H2,1-2H3,(H,19,22). The summed E-state index contributed by atoms with van der Waals surface area (Å²) in [5, 5.41) is 2.73. The first kappa shape index (κ1) is 18.0. The Morgan fingerprint density at radius 2 is 1.88 bits per heavy atom. The molecule has 0 radical (unpaired) electrons. The van der Waals surface area contributed by atoms with E-state index in [2.05, 4.69) is 5.32 Å². The smallest absolute Gasteiger partial charge is 0.339 e. The zero-order valence-electron chi connectivity index (χ0n) is 14.2. The summed E-state index contributed by atoms with van der Waals surface area (Å²) in [5.74, 6) is -0.720. The molecule has 1 aliphatic rings. The average molecular weight is 332 g/mol. The molecule has 2 amide bonds. The van der Waals surface area contributed by atoms with Crippen molar-refractivity contribution in [1.29, 1.82) is 0 Å². The number of nitrogens with one attached hydrogen (secondary N) is 1. The summed E-state index contributed by atoms with van der Waals surface area (Å²) in [5.41, 5.74) is 0.733. The number of benzene rings is 1. The largest absolute Gasteiger partial charge is 0.465 e. The first-order valence-corrected chi connectivity index (χ1v) is 8.27. The second-order valence-corrected chi connectivity index (χ2v) is 5.99. The average Bonchev–Trinajstić information content (AvgIpc) is 3.08. The van der Waals surface area contributed by atoms with Crippen LogP contribution in [0.5, 0.6) is 0 Å². The van der Waals surface area contributed by atoms with E-state index in [4.69, 9.17) is 4.74 Å². The summed E-state index contributed by atoms with van der Waals surface area (Å²) in [6.45, 7) is 1.94. The van der Waals surface area contributed by atoms with Gasteiger partial charge in [-0.25, -0.2) is 4.79 Å². The van der Waals surface area contributed by atoms with Gasteiger partial charge in [0.2, 0.25) is 11.8 Å². The van der Waals surface area contributed by atoms with Crippen LogP contribution in [0.25, 0.3) is 0 Å². The van der Waals surface area contributed by atoms with Gasteiger partial charge >= 0.3 is 5.97 Å². The van der Waals surface area contributed by atoms with Crippen LogP contribution in [0.15, 0.2) is 24.3 Å². The number of carbonyl (C=O) groups excluding carboxylic acids is 3. The molecule has 6 nitrogen and oxygen atoms in total. The lowest BCUT2D eigenvalue weighted by molar-refractivity contribution is -0.131. The molecule has 1 aromatic carbocycles. The van der Waals surface area contributed by atoms with Crippen molar-refractivity contribution in [3.63, 3.8) is 0 Å². The lowest BCUT2D eigenvalue weighted by Crippen LogP contribution is -2.39. The van der Waals surface area contributed by atoms with Crippen LogP contribution in [-0.2, 0) is 14.3 Å². The van der Waals surface area contributed by atoms with Gasteiger partial charge in [0.25, 0.3) is 0 Å². The molecule has 1 fully saturated rings. The van der Waals surface area contributed by atoms with Gasteiger partial charge in [-0.1, -0.05) is 25.0 Å². The molecule has 130 valence electrons. The molecule has 1 aliphatic carbocycles. The zero-order chi connectivity index (χ0) is 17.5. The van der Waals surface area contributed by atoms with E-state index >= 15 is 0 Å². The van der Waals surface area contributed by atoms with Crippen molar-refractivity contribution in [2.45, 2.75) is 45.1 Å². The van der Waals surface area contributed by atoms with Gasteiger partial charge in [-0.05, 0) is 25.0 Å². The lowest BCUT2D eigenvalue weighted by atomic mass is 10.1. The highest BCUT2D eigenvalue weighted by Gasteiger charge is 2.25. The highest BCUT2D eigenvalue weighted by molar-refractivity contribution is 6.01. The summed E-state index contributed by atoms with van der Waals surface area (Å²) in [7, 11) is 1.30. The minimum Gasteiger partial charge on any atom is -0.465 e. The van der Waals surface area contributed by atoms with E-state index in [1.54, 1.807) is 36.1 Å². The van der Waals surface area contributed by atoms with Crippen LogP contribution in [0.2, 0.25) is 0 Å². The van der Waals surface area contributed by atoms with E-state index in [9.17, 15) is 14.4 Å². The van der Waals surface area contributed by atoms with Gasteiger partial charge in [-0.3, -0.25) is 9.59 Å². The lowest BCUT2D eigenvalue weighted by Gasteiger charge is -2.27. The maximum absolute atomic E-state index is 12.2. The molecule has 0 spiro atoms. The number of esters is 1. The van der Waals surface area contributed by atoms with Gasteiger partial charge in [-0.15, -0.1) is 0 Å². The molecule has 0 atom stereocenters. The quantitative estimate of drug-likeness (QED) is 0.813. The Hall–Kier alpha value is -2.37. The third kappa shape index (κ3) is 4.57. The molecule has 24 heavy (non-hydrogen) atoms. The third-order valence-corrected chi connectivity index (χ3v) is 4.36. The van der Waals surface area contributed by atoms with Gasteiger partial charge in [0.1, 0.15) is 0 Å². The summed E-state index contributed by atoms with van der Waals surface area (Å²) < 4.78 is 4.71. The molecule has 1 N–H and O–H groups in total. The molecule has 0 aromatic heterocycles. The maximum atomic E-state index is 12.2. The molecule has 0 aliphatic heterocycles. The van der Waals surface area contributed by atoms with Crippen molar-refractivity contribution in [3.8, 4) is 0 Å². The van der Waals surface area contributed by atoms with Crippen molar-refractivity contribution in [2.75, 3.05) is 19.0 Å². The summed E-state index contributed by atoms with van der Waals surface area (Å²) in [4.78, 5) is 37.5. The van der Waals surface area contributed by atoms with Crippen LogP contribution in [0.3, 0.4) is 0 Å². The second-order valence-electron chi connectivity index (χ2n) is 5.99. The van der Waals surface area contributed by atoms with Gasteiger partial charge in [0.05, 0.1) is 18.4 Å². The molecule has 1 aromatic rings. The summed E-state index contributed by atoms with van der Waals surface area (Å²) >= 11 is 0. The van der Waals surface area contributed by atoms with E-state index in [0.29, 0.717) is 17.8 Å². The van der Waals surface area contributed by atoms with Crippen molar-refractivity contribution < 1.29 is 19.1 Å². The van der Waals surface area contributed by atoms with E-state index in [0.717, 1.165) is 25.7 Å². The Balaban J connectivity index is 1.95. The zero-order valence-corrected chi connectivity index (χ0v) is 14.2. The predicted molar refractivity (Wildman–Crippen MR) is 90.7 cm³/mol. The van der Waals surface area contributed by atoms with E-state index in [1.807, 2.05) is 0 Å². The SMILES string of the molecule is COC(=O)c1ccccc1NC(=O)CCN(C(C)=O)C1CCCC1. The fraction of sp³-hybridized carbons (Fsp3) is 0.500. The predicted octanol–water partition coefficient (Wildman–Crippen LogP) is 2.59. The van der Waals surface area contributed by atoms with Gasteiger partial charge in [0, 0.05) is 25.9 Å². The molecule has 0 bridgehead atoms. The fourth-order valence-electron chi connectivity index (χ4n) is 3.13. The Kier molecular flexibility index (Phi) is 6.35. The monoisotopic (exact) mass is 332 g/mol. The first-order chi connectivity index (χ1) is 11.5. The minimum atomic E-state index is -0.498. The van der Waals surface area contributed by atoms with Crippen molar-refractivity contribution in [1.82, 2.24) is 4.90 Å². The number of amides is 2. The fourth-order valence-corrected chi connectivity index (χ4v) is 3.13.